The second-order valence-electron chi connectivity index (χ2n) is 7.22. The predicted octanol–water partition coefficient (Wildman–Crippen LogP) is 5.13. The van der Waals surface area contributed by atoms with Crippen LogP contribution in [-0.4, -0.2) is 5.11 Å². The van der Waals surface area contributed by atoms with Gasteiger partial charge in [-0.15, -0.1) is 0 Å². The van der Waals surface area contributed by atoms with E-state index in [9.17, 15) is 18.3 Å². The summed E-state index contributed by atoms with van der Waals surface area (Å²) >= 11 is 0. The van der Waals surface area contributed by atoms with E-state index in [0.717, 1.165) is 18.9 Å². The largest absolute Gasteiger partial charge is 0.416 e. The van der Waals surface area contributed by atoms with Crippen LogP contribution in [0.2, 0.25) is 0 Å². The van der Waals surface area contributed by atoms with Crippen LogP contribution >= 0.6 is 0 Å². The van der Waals surface area contributed by atoms with E-state index in [0.29, 0.717) is 18.8 Å². The van der Waals surface area contributed by atoms with Crippen LogP contribution < -0.4 is 0 Å². The van der Waals surface area contributed by atoms with E-state index in [1.54, 1.807) is 6.07 Å². The molecule has 1 aliphatic carbocycles. The summed E-state index contributed by atoms with van der Waals surface area (Å²) in [6.07, 6.45) is -2.13. The first-order valence-corrected chi connectivity index (χ1v) is 7.43. The lowest BCUT2D eigenvalue weighted by Crippen LogP contribution is -2.36. The monoisotopic (exact) mass is 300 g/mol. The van der Waals surface area contributed by atoms with Crippen LogP contribution in [0.1, 0.15) is 57.6 Å². The van der Waals surface area contributed by atoms with Crippen molar-refractivity contribution >= 4 is 0 Å². The molecule has 0 spiro atoms. The SMILES string of the molecule is CC(C)(C)C1CCC(O)(c2ccccc2C(F)(F)F)CC1. The van der Waals surface area contributed by atoms with Crippen LogP contribution in [0.4, 0.5) is 13.2 Å². The standard InChI is InChI=1S/C17H23F3O/c1-15(2,3)12-8-10-16(21,11-9-12)13-6-4-5-7-14(13)17(18,19)20/h4-7,12,21H,8-11H2,1-3H3. The molecule has 1 N–H and O–H groups in total. The minimum atomic E-state index is -4.42. The molecule has 0 saturated heterocycles. The molecule has 0 bridgehead atoms. The molecule has 21 heavy (non-hydrogen) atoms. The highest BCUT2D eigenvalue weighted by atomic mass is 19.4. The highest BCUT2D eigenvalue weighted by molar-refractivity contribution is 5.35. The Morgan fingerprint density at radius 2 is 1.57 bits per heavy atom. The van der Waals surface area contributed by atoms with Crippen LogP contribution in [0.15, 0.2) is 24.3 Å². The average molecular weight is 300 g/mol. The molecule has 4 heteroatoms. The molecular weight excluding hydrogens is 277 g/mol. The van der Waals surface area contributed by atoms with Gasteiger partial charge in [-0.25, -0.2) is 0 Å². The van der Waals surface area contributed by atoms with Gasteiger partial charge in [-0.2, -0.15) is 13.2 Å². The van der Waals surface area contributed by atoms with Crippen molar-refractivity contribution in [3.05, 3.63) is 35.4 Å². The molecule has 118 valence electrons. The zero-order valence-corrected chi connectivity index (χ0v) is 12.8. The van der Waals surface area contributed by atoms with E-state index in [-0.39, 0.29) is 11.0 Å². The molecule has 0 heterocycles. The fourth-order valence-corrected chi connectivity index (χ4v) is 3.37. The van der Waals surface area contributed by atoms with Crippen molar-refractivity contribution in [1.29, 1.82) is 0 Å². The summed E-state index contributed by atoms with van der Waals surface area (Å²) in [5, 5.41) is 10.8. The van der Waals surface area contributed by atoms with E-state index in [1.807, 2.05) is 0 Å². The van der Waals surface area contributed by atoms with Gasteiger partial charge in [0.1, 0.15) is 0 Å². The van der Waals surface area contributed by atoms with Gasteiger partial charge in [0, 0.05) is 0 Å². The van der Waals surface area contributed by atoms with Crippen molar-refractivity contribution in [2.75, 3.05) is 0 Å². The zero-order valence-electron chi connectivity index (χ0n) is 12.8. The van der Waals surface area contributed by atoms with Crippen molar-refractivity contribution in [1.82, 2.24) is 0 Å². The molecule has 0 aromatic heterocycles. The Morgan fingerprint density at radius 3 is 2.05 bits per heavy atom. The lowest BCUT2D eigenvalue weighted by Gasteiger charge is -2.42. The van der Waals surface area contributed by atoms with Crippen molar-refractivity contribution in [3.63, 3.8) is 0 Å². The van der Waals surface area contributed by atoms with Crippen LogP contribution in [0.3, 0.4) is 0 Å². The highest BCUT2D eigenvalue weighted by Crippen LogP contribution is 2.48. The summed E-state index contributed by atoms with van der Waals surface area (Å²) < 4.78 is 39.4. The molecule has 0 unspecified atom stereocenters. The van der Waals surface area contributed by atoms with Gasteiger partial charge in [-0.05, 0) is 48.6 Å². The molecule has 1 aromatic rings. The zero-order chi connectivity index (χ0) is 15.9. The Morgan fingerprint density at radius 1 is 1.05 bits per heavy atom. The molecule has 0 aliphatic heterocycles. The lowest BCUT2D eigenvalue weighted by atomic mass is 9.66. The van der Waals surface area contributed by atoms with Crippen LogP contribution in [0.25, 0.3) is 0 Å². The Hall–Kier alpha value is -1.03. The molecule has 1 saturated carbocycles. The number of halogens is 3. The Labute approximate surface area is 124 Å². The number of alkyl halides is 3. The molecule has 0 atom stereocenters. The first-order valence-electron chi connectivity index (χ1n) is 7.43. The fourth-order valence-electron chi connectivity index (χ4n) is 3.37. The van der Waals surface area contributed by atoms with Crippen LogP contribution in [0.5, 0.6) is 0 Å². The maximum atomic E-state index is 13.1. The first kappa shape index (κ1) is 16.3. The molecule has 0 amide bonds. The third-order valence-electron chi connectivity index (χ3n) is 4.77. The van der Waals surface area contributed by atoms with E-state index >= 15 is 0 Å². The molecule has 2 rings (SSSR count). The van der Waals surface area contributed by atoms with Gasteiger partial charge in [-0.1, -0.05) is 39.0 Å². The van der Waals surface area contributed by atoms with Crippen LogP contribution in [-0.2, 0) is 11.8 Å². The van der Waals surface area contributed by atoms with Gasteiger partial charge in [-0.3, -0.25) is 0 Å². The van der Waals surface area contributed by atoms with Gasteiger partial charge in [0.05, 0.1) is 11.2 Å². The Bertz CT molecular complexity index is 491. The van der Waals surface area contributed by atoms with Crippen molar-refractivity contribution in [2.24, 2.45) is 11.3 Å². The summed E-state index contributed by atoms with van der Waals surface area (Å²) in [4.78, 5) is 0. The maximum absolute atomic E-state index is 13.1. The lowest BCUT2D eigenvalue weighted by molar-refractivity contribution is -0.142. The Kier molecular flexibility index (Phi) is 4.13. The maximum Gasteiger partial charge on any atom is 0.416 e. The fraction of sp³-hybridized carbons (Fsp3) is 0.647. The molecule has 1 fully saturated rings. The minimum Gasteiger partial charge on any atom is -0.385 e. The number of benzene rings is 1. The van der Waals surface area contributed by atoms with Crippen LogP contribution in [0, 0.1) is 11.3 Å². The van der Waals surface area contributed by atoms with E-state index in [1.165, 1.54) is 12.1 Å². The first-order chi connectivity index (χ1) is 9.54. The summed E-state index contributed by atoms with van der Waals surface area (Å²) in [5.74, 6) is 0.441. The topological polar surface area (TPSA) is 20.2 Å². The number of hydrogen-bond donors (Lipinski definition) is 1. The molecule has 1 nitrogen and oxygen atoms in total. The summed E-state index contributed by atoms with van der Waals surface area (Å²) in [6.45, 7) is 6.43. The summed E-state index contributed by atoms with van der Waals surface area (Å²) in [7, 11) is 0. The molecule has 1 aliphatic rings. The second-order valence-corrected chi connectivity index (χ2v) is 7.22. The van der Waals surface area contributed by atoms with Gasteiger partial charge >= 0.3 is 6.18 Å². The molecule has 0 radical (unpaired) electrons. The third-order valence-corrected chi connectivity index (χ3v) is 4.77. The van der Waals surface area contributed by atoms with Gasteiger partial charge in [0.2, 0.25) is 0 Å². The minimum absolute atomic E-state index is 0.0323. The third kappa shape index (κ3) is 3.42. The van der Waals surface area contributed by atoms with Crippen molar-refractivity contribution in [2.45, 2.75) is 58.2 Å². The molecular formula is C17H23F3O. The summed E-state index contributed by atoms with van der Waals surface area (Å²) in [5.41, 5.74) is -1.90. The van der Waals surface area contributed by atoms with Crippen molar-refractivity contribution < 1.29 is 18.3 Å². The normalized spacial score (nSPS) is 27.7. The highest BCUT2D eigenvalue weighted by Gasteiger charge is 2.43. The molecule has 1 aromatic carbocycles. The van der Waals surface area contributed by atoms with E-state index < -0.39 is 17.3 Å². The predicted molar refractivity (Wildman–Crippen MR) is 76.8 cm³/mol. The summed E-state index contributed by atoms with van der Waals surface area (Å²) in [6, 6.07) is 5.41. The number of aliphatic hydroxyl groups is 1. The van der Waals surface area contributed by atoms with Gasteiger partial charge < -0.3 is 5.11 Å². The smallest absolute Gasteiger partial charge is 0.385 e. The number of hydrogen-bond acceptors (Lipinski definition) is 1. The van der Waals surface area contributed by atoms with E-state index in [2.05, 4.69) is 20.8 Å². The van der Waals surface area contributed by atoms with E-state index in [4.69, 9.17) is 0 Å². The van der Waals surface area contributed by atoms with Gasteiger partial charge in [0.25, 0.3) is 0 Å². The van der Waals surface area contributed by atoms with Crippen molar-refractivity contribution in [3.8, 4) is 0 Å². The second kappa shape index (κ2) is 5.31. The quantitative estimate of drug-likeness (QED) is 0.762. The Balaban J connectivity index is 2.28. The number of rotatable bonds is 1. The van der Waals surface area contributed by atoms with Gasteiger partial charge in [0.15, 0.2) is 0 Å². The average Bonchev–Trinajstić information content (AvgIpc) is 2.37.